The number of nitrogens with zero attached hydrogens (tertiary/aromatic N) is 1. The Kier molecular flexibility index (Phi) is 5.38. The fourth-order valence-electron chi connectivity index (χ4n) is 2.80. The minimum Gasteiger partial charge on any atom is -0.395 e. The first-order valence-electron chi connectivity index (χ1n) is 6.68. The van der Waals surface area contributed by atoms with E-state index in [0.717, 1.165) is 25.9 Å². The molecule has 17 heavy (non-hydrogen) atoms. The summed E-state index contributed by atoms with van der Waals surface area (Å²) in [5, 5.41) is 9.57. The quantitative estimate of drug-likeness (QED) is 0.757. The zero-order valence-electron chi connectivity index (χ0n) is 11.6. The minimum atomic E-state index is -0.156. The third-order valence-electron chi connectivity index (χ3n) is 3.37. The molecule has 4 heteroatoms. The van der Waals surface area contributed by atoms with Gasteiger partial charge in [0.2, 0.25) is 0 Å². The molecule has 1 rings (SSSR count). The molecule has 0 aliphatic carbocycles. The third-order valence-corrected chi connectivity index (χ3v) is 3.37. The van der Waals surface area contributed by atoms with Gasteiger partial charge in [-0.3, -0.25) is 4.90 Å². The molecule has 0 bridgehead atoms. The molecule has 3 N–H and O–H groups in total. The van der Waals surface area contributed by atoms with Crippen molar-refractivity contribution in [3.05, 3.63) is 0 Å². The molecule has 3 unspecified atom stereocenters. The van der Waals surface area contributed by atoms with Crippen molar-refractivity contribution in [1.82, 2.24) is 4.90 Å². The summed E-state index contributed by atoms with van der Waals surface area (Å²) in [6, 6.07) is 0.103. The fraction of sp³-hybridized carbons (Fsp3) is 1.00. The standard InChI is InChI=1S/C13H28N2O2/c1-5-6-11(14)12(8-16)15-7-10(2)17-13(3,4)9-15/h10-12,16H,5-9,14H2,1-4H3. The Morgan fingerprint density at radius 1 is 1.53 bits per heavy atom. The van der Waals surface area contributed by atoms with Gasteiger partial charge in [-0.05, 0) is 27.2 Å². The van der Waals surface area contributed by atoms with Crippen LogP contribution in [0.15, 0.2) is 0 Å². The van der Waals surface area contributed by atoms with Crippen LogP contribution in [-0.2, 0) is 4.74 Å². The summed E-state index contributed by atoms with van der Waals surface area (Å²) in [7, 11) is 0. The van der Waals surface area contributed by atoms with Crippen LogP contribution in [-0.4, -0.2) is 53.5 Å². The second-order valence-electron chi connectivity index (χ2n) is 5.82. The van der Waals surface area contributed by atoms with Gasteiger partial charge >= 0.3 is 0 Å². The van der Waals surface area contributed by atoms with Crippen molar-refractivity contribution < 1.29 is 9.84 Å². The lowest BCUT2D eigenvalue weighted by molar-refractivity contribution is -0.143. The molecule has 1 fully saturated rings. The summed E-state index contributed by atoms with van der Waals surface area (Å²) in [6.45, 7) is 10.2. The molecule has 0 aromatic carbocycles. The van der Waals surface area contributed by atoms with Crippen molar-refractivity contribution in [2.24, 2.45) is 5.73 Å². The van der Waals surface area contributed by atoms with Crippen LogP contribution in [0.4, 0.5) is 0 Å². The van der Waals surface area contributed by atoms with Gasteiger partial charge in [-0.25, -0.2) is 0 Å². The minimum absolute atomic E-state index is 0.0473. The monoisotopic (exact) mass is 244 g/mol. The highest BCUT2D eigenvalue weighted by molar-refractivity contribution is 4.90. The number of aliphatic hydroxyl groups is 1. The molecule has 0 saturated carbocycles. The molecule has 1 saturated heterocycles. The van der Waals surface area contributed by atoms with Gasteiger partial charge < -0.3 is 15.6 Å². The Morgan fingerprint density at radius 3 is 2.65 bits per heavy atom. The van der Waals surface area contributed by atoms with Gasteiger partial charge in [0.15, 0.2) is 0 Å². The van der Waals surface area contributed by atoms with Crippen LogP contribution in [0.2, 0.25) is 0 Å². The summed E-state index contributed by atoms with van der Waals surface area (Å²) in [4.78, 5) is 2.29. The van der Waals surface area contributed by atoms with Crippen LogP contribution >= 0.6 is 0 Å². The number of nitrogens with two attached hydrogens (primary N) is 1. The summed E-state index contributed by atoms with van der Waals surface area (Å²) in [6.07, 6.45) is 2.21. The van der Waals surface area contributed by atoms with E-state index >= 15 is 0 Å². The Balaban J connectivity index is 2.67. The average Bonchev–Trinajstić information content (AvgIpc) is 2.15. The van der Waals surface area contributed by atoms with Gasteiger partial charge in [-0.15, -0.1) is 0 Å². The van der Waals surface area contributed by atoms with E-state index in [1.165, 1.54) is 0 Å². The van der Waals surface area contributed by atoms with Crippen LogP contribution in [0.1, 0.15) is 40.5 Å². The number of aliphatic hydroxyl groups excluding tert-OH is 1. The Bertz CT molecular complexity index is 233. The normalized spacial score (nSPS) is 28.9. The molecule has 0 radical (unpaired) electrons. The topological polar surface area (TPSA) is 58.7 Å². The first kappa shape index (κ1) is 14.9. The summed E-state index contributed by atoms with van der Waals surface area (Å²) >= 11 is 0. The van der Waals surface area contributed by atoms with E-state index < -0.39 is 0 Å². The molecule has 4 nitrogen and oxygen atoms in total. The van der Waals surface area contributed by atoms with Crippen molar-refractivity contribution in [1.29, 1.82) is 0 Å². The Morgan fingerprint density at radius 2 is 2.18 bits per heavy atom. The maximum atomic E-state index is 9.57. The zero-order valence-corrected chi connectivity index (χ0v) is 11.6. The van der Waals surface area contributed by atoms with Crippen LogP contribution in [0.5, 0.6) is 0 Å². The molecule has 0 amide bonds. The van der Waals surface area contributed by atoms with E-state index in [2.05, 4.69) is 32.6 Å². The van der Waals surface area contributed by atoms with Crippen molar-refractivity contribution >= 4 is 0 Å². The highest BCUT2D eigenvalue weighted by atomic mass is 16.5. The number of rotatable bonds is 5. The SMILES string of the molecule is CCCC(N)C(CO)N1CC(C)OC(C)(C)C1. The van der Waals surface area contributed by atoms with Crippen molar-refractivity contribution in [3.63, 3.8) is 0 Å². The maximum absolute atomic E-state index is 9.57. The predicted molar refractivity (Wildman–Crippen MR) is 70.0 cm³/mol. The molecule has 0 aromatic heterocycles. The van der Waals surface area contributed by atoms with E-state index in [9.17, 15) is 5.11 Å². The predicted octanol–water partition coefficient (Wildman–Crippen LogP) is 0.974. The molecule has 1 aliphatic rings. The molecule has 0 spiro atoms. The molecule has 0 aromatic rings. The number of ether oxygens (including phenoxy) is 1. The van der Waals surface area contributed by atoms with Gasteiger partial charge in [0.05, 0.1) is 18.3 Å². The van der Waals surface area contributed by atoms with Gasteiger partial charge in [0.25, 0.3) is 0 Å². The highest BCUT2D eigenvalue weighted by Crippen LogP contribution is 2.23. The molecular formula is C13H28N2O2. The highest BCUT2D eigenvalue weighted by Gasteiger charge is 2.36. The van der Waals surface area contributed by atoms with E-state index in [1.807, 2.05) is 0 Å². The van der Waals surface area contributed by atoms with E-state index in [-0.39, 0.29) is 30.4 Å². The van der Waals surface area contributed by atoms with Crippen molar-refractivity contribution in [2.45, 2.75) is 64.3 Å². The Hall–Kier alpha value is -0.160. The summed E-state index contributed by atoms with van der Waals surface area (Å²) in [5.41, 5.74) is 6.01. The summed E-state index contributed by atoms with van der Waals surface area (Å²) in [5.74, 6) is 0. The molecule has 1 aliphatic heterocycles. The Labute approximate surface area is 105 Å². The lowest BCUT2D eigenvalue weighted by Gasteiger charge is -2.46. The molecule has 102 valence electrons. The second-order valence-corrected chi connectivity index (χ2v) is 5.82. The zero-order chi connectivity index (χ0) is 13.1. The van der Waals surface area contributed by atoms with Gasteiger partial charge in [-0.1, -0.05) is 13.3 Å². The molecule has 1 heterocycles. The van der Waals surface area contributed by atoms with E-state index in [1.54, 1.807) is 0 Å². The molecular weight excluding hydrogens is 216 g/mol. The van der Waals surface area contributed by atoms with E-state index in [4.69, 9.17) is 10.5 Å². The number of morpholine rings is 1. The van der Waals surface area contributed by atoms with Crippen LogP contribution in [0, 0.1) is 0 Å². The van der Waals surface area contributed by atoms with Gasteiger partial charge in [0, 0.05) is 25.2 Å². The van der Waals surface area contributed by atoms with Crippen molar-refractivity contribution in [3.8, 4) is 0 Å². The van der Waals surface area contributed by atoms with Crippen LogP contribution in [0.25, 0.3) is 0 Å². The molecule has 3 atom stereocenters. The third kappa shape index (κ3) is 4.21. The second kappa shape index (κ2) is 6.14. The van der Waals surface area contributed by atoms with Crippen LogP contribution in [0.3, 0.4) is 0 Å². The van der Waals surface area contributed by atoms with Crippen LogP contribution < -0.4 is 5.73 Å². The average molecular weight is 244 g/mol. The lowest BCUT2D eigenvalue weighted by atomic mass is 9.98. The first-order valence-corrected chi connectivity index (χ1v) is 6.68. The van der Waals surface area contributed by atoms with E-state index in [0.29, 0.717) is 0 Å². The lowest BCUT2D eigenvalue weighted by Crippen LogP contribution is -2.60. The van der Waals surface area contributed by atoms with Gasteiger partial charge in [0.1, 0.15) is 0 Å². The van der Waals surface area contributed by atoms with Crippen molar-refractivity contribution in [2.75, 3.05) is 19.7 Å². The van der Waals surface area contributed by atoms with Gasteiger partial charge in [-0.2, -0.15) is 0 Å². The number of hydrogen-bond acceptors (Lipinski definition) is 4. The largest absolute Gasteiger partial charge is 0.395 e. The first-order chi connectivity index (χ1) is 7.89. The number of hydrogen-bond donors (Lipinski definition) is 2. The summed E-state index contributed by atoms with van der Waals surface area (Å²) < 4.78 is 5.87. The maximum Gasteiger partial charge on any atom is 0.0757 e. The fourth-order valence-corrected chi connectivity index (χ4v) is 2.80. The smallest absolute Gasteiger partial charge is 0.0757 e.